The first-order valence-electron chi connectivity index (χ1n) is 9.95. The molecular formula is C22H20FN3O4S. The van der Waals surface area contributed by atoms with Crippen molar-refractivity contribution in [2.24, 2.45) is 5.73 Å². The molecule has 1 fully saturated rings. The van der Waals surface area contributed by atoms with E-state index < -0.39 is 17.3 Å². The number of rotatable bonds is 3. The van der Waals surface area contributed by atoms with Gasteiger partial charge in [0.25, 0.3) is 11.5 Å². The van der Waals surface area contributed by atoms with E-state index in [2.05, 4.69) is 0 Å². The molecule has 4 heterocycles. The van der Waals surface area contributed by atoms with Crippen molar-refractivity contribution < 1.29 is 19.1 Å². The molecule has 3 N–H and O–H groups in total. The van der Waals surface area contributed by atoms with E-state index in [1.165, 1.54) is 17.4 Å². The lowest BCUT2D eigenvalue weighted by Crippen LogP contribution is -2.38. The summed E-state index contributed by atoms with van der Waals surface area (Å²) in [5.41, 5.74) is 7.92. The standard InChI is InChI=1S/C22H20FN3O4S/c1-9-17(16-6-12-15(24)8-25(2)21(28)19(12)31-16)14(23)7-26-18(9)11(10-3-4-10)5-13(20(26)27)22(29)30/h5-7,10,15H,3-4,8,24H2,1-2H3,(H,29,30). The number of nitrogens with zero attached hydrogens (tertiary/aromatic N) is 2. The number of pyridine rings is 2. The monoisotopic (exact) mass is 441 g/mol. The molecule has 31 heavy (non-hydrogen) atoms. The van der Waals surface area contributed by atoms with E-state index in [0.29, 0.717) is 38.5 Å². The number of aryl methyl sites for hydroxylation is 1. The molecule has 0 aromatic carbocycles. The number of nitrogens with two attached hydrogens (primary N) is 1. The van der Waals surface area contributed by atoms with Gasteiger partial charge in [0.1, 0.15) is 11.4 Å². The number of carboxylic acids is 1. The van der Waals surface area contributed by atoms with Crippen LogP contribution >= 0.6 is 11.3 Å². The molecule has 1 atom stereocenters. The fourth-order valence-electron chi connectivity index (χ4n) is 4.43. The average molecular weight is 441 g/mol. The highest BCUT2D eigenvalue weighted by molar-refractivity contribution is 7.17. The minimum absolute atomic E-state index is 0.144. The molecule has 5 rings (SSSR count). The van der Waals surface area contributed by atoms with Crippen LogP contribution in [0, 0.1) is 12.7 Å². The third-order valence-corrected chi connectivity index (χ3v) is 7.30. The molecule has 0 saturated heterocycles. The molecule has 0 bridgehead atoms. The Morgan fingerprint density at radius 2 is 1.97 bits per heavy atom. The Labute approximate surface area is 180 Å². The molecule has 9 heteroatoms. The molecular weight excluding hydrogens is 421 g/mol. The SMILES string of the molecule is Cc1c(-c2cc3c(s2)C(=O)N(C)CC3N)c(F)cn2c(=O)c(C(=O)O)cc(C3CC3)c12. The highest BCUT2D eigenvalue weighted by atomic mass is 32.1. The van der Waals surface area contributed by atoms with Crippen molar-refractivity contribution in [1.82, 2.24) is 9.30 Å². The van der Waals surface area contributed by atoms with E-state index in [9.17, 15) is 19.5 Å². The third-order valence-electron chi connectivity index (χ3n) is 6.14. The van der Waals surface area contributed by atoms with Crippen molar-refractivity contribution in [2.45, 2.75) is 31.7 Å². The lowest BCUT2D eigenvalue weighted by atomic mass is 9.98. The first-order valence-corrected chi connectivity index (χ1v) is 10.8. The zero-order chi connectivity index (χ0) is 22.2. The van der Waals surface area contributed by atoms with Gasteiger partial charge >= 0.3 is 5.97 Å². The van der Waals surface area contributed by atoms with Crippen LogP contribution in [0.4, 0.5) is 4.39 Å². The molecule has 3 aromatic rings. The van der Waals surface area contributed by atoms with Gasteiger partial charge in [-0.25, -0.2) is 9.18 Å². The van der Waals surface area contributed by atoms with Gasteiger partial charge < -0.3 is 15.7 Å². The second kappa shape index (κ2) is 6.73. The summed E-state index contributed by atoms with van der Waals surface area (Å²) in [5, 5.41) is 9.43. The lowest BCUT2D eigenvalue weighted by molar-refractivity contribution is 0.0693. The number of hydrogen-bond acceptors (Lipinski definition) is 5. The van der Waals surface area contributed by atoms with Crippen LogP contribution in [0.2, 0.25) is 0 Å². The number of likely N-dealkylation sites (N-methyl/N-ethyl adjacent to an activating group) is 1. The summed E-state index contributed by atoms with van der Waals surface area (Å²) in [7, 11) is 1.68. The largest absolute Gasteiger partial charge is 0.477 e. The molecule has 1 unspecified atom stereocenters. The molecule has 7 nitrogen and oxygen atoms in total. The summed E-state index contributed by atoms with van der Waals surface area (Å²) >= 11 is 1.19. The first-order chi connectivity index (χ1) is 14.7. The van der Waals surface area contributed by atoms with Crippen molar-refractivity contribution in [1.29, 1.82) is 0 Å². The van der Waals surface area contributed by atoms with Gasteiger partial charge in [-0.2, -0.15) is 0 Å². The minimum atomic E-state index is -1.33. The maximum absolute atomic E-state index is 15.3. The number of aromatic nitrogens is 1. The molecule has 1 aliphatic heterocycles. The van der Waals surface area contributed by atoms with E-state index in [-0.39, 0.29) is 23.4 Å². The van der Waals surface area contributed by atoms with Crippen molar-refractivity contribution in [2.75, 3.05) is 13.6 Å². The molecule has 2 aliphatic rings. The molecule has 1 aliphatic carbocycles. The van der Waals surface area contributed by atoms with Gasteiger partial charge in [0.05, 0.1) is 10.4 Å². The highest BCUT2D eigenvalue weighted by Gasteiger charge is 2.33. The second-order valence-corrected chi connectivity index (χ2v) is 9.33. The van der Waals surface area contributed by atoms with Crippen LogP contribution in [0.1, 0.15) is 61.5 Å². The van der Waals surface area contributed by atoms with Crippen LogP contribution in [0.5, 0.6) is 0 Å². The molecule has 0 spiro atoms. The predicted octanol–water partition coefficient (Wildman–Crippen LogP) is 3.14. The normalized spacial score (nSPS) is 18.5. The average Bonchev–Trinajstić information content (AvgIpc) is 3.45. The lowest BCUT2D eigenvalue weighted by Gasteiger charge is -2.26. The Morgan fingerprint density at radius 1 is 1.26 bits per heavy atom. The zero-order valence-corrected chi connectivity index (χ0v) is 17.8. The maximum atomic E-state index is 15.3. The van der Waals surface area contributed by atoms with Crippen molar-refractivity contribution >= 4 is 28.7 Å². The van der Waals surface area contributed by atoms with E-state index in [0.717, 1.165) is 29.0 Å². The summed E-state index contributed by atoms with van der Waals surface area (Å²) in [4.78, 5) is 39.5. The summed E-state index contributed by atoms with van der Waals surface area (Å²) in [5.74, 6) is -1.98. The molecule has 1 amide bonds. The molecule has 1 saturated carbocycles. The quantitative estimate of drug-likeness (QED) is 0.650. The second-order valence-electron chi connectivity index (χ2n) is 8.28. The van der Waals surface area contributed by atoms with Crippen LogP contribution in [-0.2, 0) is 0 Å². The van der Waals surface area contributed by atoms with Gasteiger partial charge in [0.15, 0.2) is 0 Å². The van der Waals surface area contributed by atoms with Crippen molar-refractivity contribution in [3.8, 4) is 10.4 Å². The van der Waals surface area contributed by atoms with Crippen LogP contribution in [0.15, 0.2) is 23.1 Å². The van der Waals surface area contributed by atoms with Gasteiger partial charge in [-0.1, -0.05) is 0 Å². The number of carbonyl (C=O) groups is 2. The van der Waals surface area contributed by atoms with Crippen LogP contribution in [0.3, 0.4) is 0 Å². The summed E-state index contributed by atoms with van der Waals surface area (Å²) in [6.07, 6.45) is 2.84. The Balaban J connectivity index is 1.80. The number of carbonyl (C=O) groups excluding carboxylic acids is 1. The summed E-state index contributed by atoms with van der Waals surface area (Å²) in [6.45, 7) is 2.12. The topological polar surface area (TPSA) is 105 Å². The Morgan fingerprint density at radius 3 is 2.61 bits per heavy atom. The maximum Gasteiger partial charge on any atom is 0.341 e. The van der Waals surface area contributed by atoms with Crippen LogP contribution < -0.4 is 11.3 Å². The predicted molar refractivity (Wildman–Crippen MR) is 114 cm³/mol. The summed E-state index contributed by atoms with van der Waals surface area (Å²) in [6, 6.07) is 2.84. The number of fused-ring (bicyclic) bond motifs is 2. The van der Waals surface area contributed by atoms with Crippen LogP contribution in [0.25, 0.3) is 16.0 Å². The van der Waals surface area contributed by atoms with Crippen molar-refractivity contribution in [3.05, 3.63) is 61.6 Å². The Hall–Kier alpha value is -3.04. The number of thiophene rings is 1. The van der Waals surface area contributed by atoms with Crippen LogP contribution in [-0.4, -0.2) is 39.9 Å². The minimum Gasteiger partial charge on any atom is -0.477 e. The number of aromatic carboxylic acids is 1. The van der Waals surface area contributed by atoms with Gasteiger partial charge in [-0.05, 0) is 54.5 Å². The molecule has 0 radical (unpaired) electrons. The van der Waals surface area contributed by atoms with E-state index >= 15 is 4.39 Å². The number of carboxylic acid groups (broad SMARTS) is 1. The number of halogens is 1. The van der Waals surface area contributed by atoms with Gasteiger partial charge in [-0.15, -0.1) is 11.3 Å². The Kier molecular flexibility index (Phi) is 4.32. The zero-order valence-electron chi connectivity index (χ0n) is 16.9. The number of hydrogen-bond donors (Lipinski definition) is 2. The smallest absolute Gasteiger partial charge is 0.341 e. The van der Waals surface area contributed by atoms with Gasteiger partial charge in [0.2, 0.25) is 0 Å². The van der Waals surface area contributed by atoms with Gasteiger partial charge in [-0.3, -0.25) is 14.0 Å². The Bertz CT molecular complexity index is 1360. The highest BCUT2D eigenvalue weighted by Crippen LogP contribution is 2.45. The van der Waals surface area contributed by atoms with E-state index in [1.54, 1.807) is 24.9 Å². The fourth-order valence-corrected chi connectivity index (χ4v) is 5.76. The van der Waals surface area contributed by atoms with Crippen molar-refractivity contribution in [3.63, 3.8) is 0 Å². The van der Waals surface area contributed by atoms with E-state index in [4.69, 9.17) is 5.73 Å². The number of amides is 1. The third kappa shape index (κ3) is 2.91. The summed E-state index contributed by atoms with van der Waals surface area (Å²) < 4.78 is 16.5. The molecule has 160 valence electrons. The van der Waals surface area contributed by atoms with Gasteiger partial charge in [0, 0.05) is 36.3 Å². The molecule has 3 aromatic heterocycles. The fraction of sp³-hybridized carbons (Fsp3) is 0.318. The van der Waals surface area contributed by atoms with E-state index in [1.807, 2.05) is 0 Å². The first kappa shape index (κ1) is 19.9.